The summed E-state index contributed by atoms with van der Waals surface area (Å²) in [5.74, 6) is -0.430. The molecule has 3 nitrogen and oxygen atoms in total. The summed E-state index contributed by atoms with van der Waals surface area (Å²) in [7, 11) is 0. The number of ketones is 1. The smallest absolute Gasteiger partial charge is 0.155 e. The Morgan fingerprint density at radius 1 is 0.966 bits per heavy atom. The number of hydrogen-bond donors (Lipinski definition) is 1. The summed E-state index contributed by atoms with van der Waals surface area (Å²) in [6.07, 6.45) is 1.17. The van der Waals surface area contributed by atoms with Gasteiger partial charge in [-0.2, -0.15) is 0 Å². The fraction of sp³-hybridized carbons (Fsp3) is 0.0833. The topological polar surface area (TPSA) is 50.2 Å². The number of allylic oxidation sites excluding steroid dienone is 2. The molecule has 149 valence electrons. The molecular formula is C24H19FIrNO2-. The Morgan fingerprint density at radius 2 is 1.66 bits per heavy atom. The van der Waals surface area contributed by atoms with E-state index in [1.807, 2.05) is 30.3 Å². The number of aliphatic hydroxyl groups excluding tert-OH is 1. The standard InChI is InChI=1S/C19H11FN.C5H8O2.Ir/c20-17-7-3-6-15(11-17)18-9-8-16-10-13-4-1-2-5-14(13)12-19(16)21-18;1-4(6)3-5(2)7;/h1-10,12H;3,6H,1-2H3;/q-1;;/b;4-3-;. The number of benzene rings is 3. The first-order valence-electron chi connectivity index (χ1n) is 8.78. The Balaban J connectivity index is 0.000000327. The van der Waals surface area contributed by atoms with Gasteiger partial charge < -0.3 is 5.11 Å². The first kappa shape index (κ1) is 22.4. The zero-order valence-corrected chi connectivity index (χ0v) is 18.3. The molecule has 4 aromatic rings. The molecule has 0 spiro atoms. The summed E-state index contributed by atoms with van der Waals surface area (Å²) in [5.41, 5.74) is 2.31. The third-order valence-electron chi connectivity index (χ3n) is 4.00. The van der Waals surface area contributed by atoms with Crippen LogP contribution in [0.15, 0.2) is 78.6 Å². The van der Waals surface area contributed by atoms with Gasteiger partial charge in [0.15, 0.2) is 5.78 Å². The first-order chi connectivity index (χ1) is 13.4. The van der Waals surface area contributed by atoms with Crippen molar-refractivity contribution in [2.24, 2.45) is 0 Å². The molecular weight excluding hydrogens is 545 g/mol. The number of nitrogens with zero attached hydrogens (tertiary/aromatic N) is 1. The summed E-state index contributed by atoms with van der Waals surface area (Å²) in [6.45, 7) is 2.85. The summed E-state index contributed by atoms with van der Waals surface area (Å²) in [5, 5.41) is 11.8. The fourth-order valence-electron chi connectivity index (χ4n) is 2.85. The Hall–Kier alpha value is -2.88. The van der Waals surface area contributed by atoms with Gasteiger partial charge in [0.05, 0.1) is 11.3 Å². The summed E-state index contributed by atoms with van der Waals surface area (Å²) in [6, 6.07) is 23.9. The maximum absolute atomic E-state index is 13.3. The van der Waals surface area contributed by atoms with Crippen molar-refractivity contribution in [3.8, 4) is 11.3 Å². The number of carbonyl (C=O) groups excluding carboxylic acids is 1. The van der Waals surface area contributed by atoms with Crippen LogP contribution < -0.4 is 0 Å². The molecule has 0 bridgehead atoms. The van der Waals surface area contributed by atoms with Crippen LogP contribution in [0.3, 0.4) is 0 Å². The van der Waals surface area contributed by atoms with E-state index in [2.05, 4.69) is 35.3 Å². The van der Waals surface area contributed by atoms with Crippen molar-refractivity contribution in [3.05, 3.63) is 90.4 Å². The molecule has 1 radical (unpaired) electrons. The molecule has 1 heterocycles. The second-order valence-corrected chi connectivity index (χ2v) is 6.40. The number of fused-ring (bicyclic) bond motifs is 2. The molecule has 1 N–H and O–H groups in total. The quantitative estimate of drug-likeness (QED) is 0.140. The average molecular weight is 565 g/mol. The van der Waals surface area contributed by atoms with Crippen molar-refractivity contribution >= 4 is 27.5 Å². The van der Waals surface area contributed by atoms with E-state index in [1.54, 1.807) is 6.07 Å². The average Bonchev–Trinajstić information content (AvgIpc) is 2.65. The van der Waals surface area contributed by atoms with Gasteiger partial charge in [0.1, 0.15) is 0 Å². The van der Waals surface area contributed by atoms with Crippen molar-refractivity contribution in [2.45, 2.75) is 13.8 Å². The van der Waals surface area contributed by atoms with E-state index < -0.39 is 0 Å². The minimum Gasteiger partial charge on any atom is -0.512 e. The third-order valence-corrected chi connectivity index (χ3v) is 4.00. The number of aliphatic hydroxyl groups is 1. The van der Waals surface area contributed by atoms with Crippen LogP contribution in [-0.4, -0.2) is 15.9 Å². The molecule has 0 aliphatic heterocycles. The number of halogens is 1. The van der Waals surface area contributed by atoms with Gasteiger partial charge in [-0.1, -0.05) is 36.4 Å². The maximum Gasteiger partial charge on any atom is 0.155 e. The van der Waals surface area contributed by atoms with Crippen molar-refractivity contribution in [1.82, 2.24) is 4.98 Å². The van der Waals surface area contributed by atoms with Gasteiger partial charge in [-0.3, -0.25) is 9.78 Å². The van der Waals surface area contributed by atoms with E-state index in [9.17, 15) is 9.18 Å². The zero-order valence-electron chi connectivity index (χ0n) is 15.9. The molecule has 0 amide bonds. The molecule has 0 saturated carbocycles. The first-order valence-corrected chi connectivity index (χ1v) is 8.78. The van der Waals surface area contributed by atoms with Crippen molar-refractivity contribution in [1.29, 1.82) is 0 Å². The Labute approximate surface area is 182 Å². The monoisotopic (exact) mass is 565 g/mol. The largest absolute Gasteiger partial charge is 0.512 e. The SMILES string of the molecule is CC(=O)/C=C(/C)O.Fc1[c-]c(-c2ccc3cc4ccccc4cc3n2)ccc1.[Ir]. The minimum atomic E-state index is -0.368. The van der Waals surface area contributed by atoms with Gasteiger partial charge in [0, 0.05) is 32.0 Å². The van der Waals surface area contributed by atoms with Gasteiger partial charge in [0.2, 0.25) is 0 Å². The van der Waals surface area contributed by atoms with E-state index in [0.29, 0.717) is 5.56 Å². The Morgan fingerprint density at radius 3 is 2.24 bits per heavy atom. The van der Waals surface area contributed by atoms with Crippen LogP contribution >= 0.6 is 0 Å². The Bertz CT molecular complexity index is 1180. The van der Waals surface area contributed by atoms with Gasteiger partial charge in [0.25, 0.3) is 0 Å². The van der Waals surface area contributed by atoms with Crippen molar-refractivity contribution < 1.29 is 34.4 Å². The van der Waals surface area contributed by atoms with E-state index in [4.69, 9.17) is 5.11 Å². The maximum atomic E-state index is 13.3. The van der Waals surface area contributed by atoms with Crippen LogP contribution in [0.4, 0.5) is 4.39 Å². The molecule has 29 heavy (non-hydrogen) atoms. The summed E-state index contributed by atoms with van der Waals surface area (Å²) < 4.78 is 13.3. The van der Waals surface area contributed by atoms with Crippen LogP contribution in [0, 0.1) is 11.9 Å². The normalized spacial score (nSPS) is 10.8. The molecule has 1 aromatic heterocycles. The summed E-state index contributed by atoms with van der Waals surface area (Å²) >= 11 is 0. The van der Waals surface area contributed by atoms with Crippen LogP contribution in [0.5, 0.6) is 0 Å². The van der Waals surface area contributed by atoms with E-state index in [-0.39, 0.29) is 37.5 Å². The molecule has 5 heteroatoms. The van der Waals surface area contributed by atoms with Crippen molar-refractivity contribution in [2.75, 3.05) is 0 Å². The molecule has 0 saturated heterocycles. The molecule has 0 aliphatic carbocycles. The fourth-order valence-corrected chi connectivity index (χ4v) is 2.85. The van der Waals surface area contributed by atoms with E-state index >= 15 is 0 Å². The van der Waals surface area contributed by atoms with Crippen LogP contribution in [0.2, 0.25) is 0 Å². The molecule has 0 atom stereocenters. The van der Waals surface area contributed by atoms with Gasteiger partial charge >= 0.3 is 0 Å². The molecule has 0 unspecified atom stereocenters. The number of rotatable bonds is 2. The number of hydrogen-bond acceptors (Lipinski definition) is 3. The summed E-state index contributed by atoms with van der Waals surface area (Å²) in [4.78, 5) is 14.7. The number of pyridine rings is 1. The van der Waals surface area contributed by atoms with Crippen LogP contribution in [0.25, 0.3) is 32.9 Å². The van der Waals surface area contributed by atoms with Gasteiger partial charge in [-0.25, -0.2) is 4.39 Å². The van der Waals surface area contributed by atoms with Crippen LogP contribution in [0.1, 0.15) is 13.8 Å². The third kappa shape index (κ3) is 6.05. The molecule has 3 aromatic carbocycles. The Kier molecular flexibility index (Phi) is 7.77. The second kappa shape index (κ2) is 10.1. The predicted octanol–water partition coefficient (Wildman–Crippen LogP) is 6.03. The molecule has 0 aliphatic rings. The molecule has 0 fully saturated rings. The zero-order chi connectivity index (χ0) is 20.1. The minimum absolute atomic E-state index is 0. The van der Waals surface area contributed by atoms with Crippen molar-refractivity contribution in [3.63, 3.8) is 0 Å². The number of carbonyl (C=O) groups is 1. The van der Waals surface area contributed by atoms with E-state index in [0.717, 1.165) is 22.0 Å². The van der Waals surface area contributed by atoms with E-state index in [1.165, 1.54) is 31.4 Å². The van der Waals surface area contributed by atoms with Crippen LogP contribution in [-0.2, 0) is 24.9 Å². The van der Waals surface area contributed by atoms with Gasteiger partial charge in [-0.15, -0.1) is 29.8 Å². The molecule has 4 rings (SSSR count). The number of aromatic nitrogens is 1. The predicted molar refractivity (Wildman–Crippen MR) is 111 cm³/mol. The second-order valence-electron chi connectivity index (χ2n) is 6.40. The van der Waals surface area contributed by atoms with Gasteiger partial charge in [-0.05, 0) is 47.8 Å².